The quantitative estimate of drug-likeness (QED) is 0.243. The largest absolute Gasteiger partial charge is 0.480 e. The van der Waals surface area contributed by atoms with E-state index >= 15 is 0 Å². The topological polar surface area (TPSA) is 168 Å². The molecular weight excluding hydrogens is 280 g/mol. The van der Waals surface area contributed by atoms with Gasteiger partial charge < -0.3 is 32.3 Å². The van der Waals surface area contributed by atoms with Gasteiger partial charge in [0.05, 0.1) is 12.6 Å². The zero-order valence-corrected chi connectivity index (χ0v) is 12.0. The Morgan fingerprint density at radius 2 is 1.67 bits per heavy atom. The Labute approximate surface area is 123 Å². The highest BCUT2D eigenvalue weighted by atomic mass is 16.4. The smallest absolute Gasteiger partial charge is 0.326 e. The molecule has 0 spiro atoms. The fourth-order valence-electron chi connectivity index (χ4n) is 1.52. The summed E-state index contributed by atoms with van der Waals surface area (Å²) in [5, 5.41) is 22.7. The molecule has 122 valence electrons. The molecule has 0 radical (unpaired) electrons. The van der Waals surface area contributed by atoms with Crippen LogP contribution in [-0.2, 0) is 14.4 Å². The Kier molecular flexibility index (Phi) is 9.26. The van der Waals surface area contributed by atoms with E-state index in [1.165, 1.54) is 6.92 Å². The summed E-state index contributed by atoms with van der Waals surface area (Å²) >= 11 is 0. The molecule has 2 amide bonds. The standard InChI is InChI=1S/C12H24N4O5/c1-7(14)10(18)16-9(6-17)11(19)15-8(12(20)21)4-2-3-5-13/h7-9,17H,2-6,13-14H2,1H3,(H,15,19)(H,16,18)(H,20,21)/t7-,8-,9-/m0/s1. The van der Waals surface area contributed by atoms with Crippen molar-refractivity contribution in [2.24, 2.45) is 11.5 Å². The van der Waals surface area contributed by atoms with Crippen molar-refractivity contribution in [3.63, 3.8) is 0 Å². The first-order chi connectivity index (χ1) is 9.83. The lowest BCUT2D eigenvalue weighted by Crippen LogP contribution is -2.55. The van der Waals surface area contributed by atoms with E-state index in [1.54, 1.807) is 0 Å². The first-order valence-corrected chi connectivity index (χ1v) is 6.73. The van der Waals surface area contributed by atoms with Gasteiger partial charge >= 0.3 is 5.97 Å². The molecule has 0 aliphatic heterocycles. The van der Waals surface area contributed by atoms with Gasteiger partial charge in [0, 0.05) is 0 Å². The summed E-state index contributed by atoms with van der Waals surface area (Å²) in [4.78, 5) is 34.3. The second-order valence-electron chi connectivity index (χ2n) is 4.72. The fraction of sp³-hybridized carbons (Fsp3) is 0.750. The number of rotatable bonds is 10. The molecule has 0 aliphatic carbocycles. The maximum atomic E-state index is 11.9. The van der Waals surface area contributed by atoms with Crippen molar-refractivity contribution in [2.45, 2.75) is 44.3 Å². The Morgan fingerprint density at radius 3 is 2.10 bits per heavy atom. The van der Waals surface area contributed by atoms with Gasteiger partial charge in [-0.05, 0) is 32.7 Å². The van der Waals surface area contributed by atoms with Crippen molar-refractivity contribution in [1.82, 2.24) is 10.6 Å². The highest BCUT2D eigenvalue weighted by Crippen LogP contribution is 2.01. The van der Waals surface area contributed by atoms with Crippen LogP contribution >= 0.6 is 0 Å². The molecule has 0 fully saturated rings. The Bertz CT molecular complexity index is 362. The predicted molar refractivity (Wildman–Crippen MR) is 75.1 cm³/mol. The molecule has 0 aliphatic rings. The monoisotopic (exact) mass is 304 g/mol. The van der Waals surface area contributed by atoms with E-state index in [2.05, 4.69) is 10.6 Å². The molecule has 0 unspecified atom stereocenters. The first kappa shape index (κ1) is 19.3. The molecular formula is C12H24N4O5. The fourth-order valence-corrected chi connectivity index (χ4v) is 1.52. The molecule has 0 rings (SSSR count). The number of hydrogen-bond acceptors (Lipinski definition) is 6. The Hall–Kier alpha value is -1.71. The minimum Gasteiger partial charge on any atom is -0.480 e. The van der Waals surface area contributed by atoms with Gasteiger partial charge in [-0.25, -0.2) is 4.79 Å². The number of carbonyl (C=O) groups is 3. The van der Waals surface area contributed by atoms with E-state index in [-0.39, 0.29) is 6.42 Å². The summed E-state index contributed by atoms with van der Waals surface area (Å²) < 4.78 is 0. The summed E-state index contributed by atoms with van der Waals surface area (Å²) in [7, 11) is 0. The van der Waals surface area contributed by atoms with E-state index in [0.717, 1.165) is 0 Å². The van der Waals surface area contributed by atoms with Gasteiger partial charge in [0.15, 0.2) is 0 Å². The van der Waals surface area contributed by atoms with Crippen LogP contribution in [0.15, 0.2) is 0 Å². The van der Waals surface area contributed by atoms with Crippen LogP contribution < -0.4 is 22.1 Å². The molecule has 8 N–H and O–H groups in total. The Morgan fingerprint density at radius 1 is 1.10 bits per heavy atom. The number of carbonyl (C=O) groups excluding carboxylic acids is 2. The number of hydrogen-bond donors (Lipinski definition) is 6. The zero-order chi connectivity index (χ0) is 16.4. The van der Waals surface area contributed by atoms with E-state index < -0.39 is 42.5 Å². The van der Waals surface area contributed by atoms with Crippen LogP contribution in [0, 0.1) is 0 Å². The number of amides is 2. The lowest BCUT2D eigenvalue weighted by molar-refractivity contribution is -0.142. The molecule has 0 heterocycles. The highest BCUT2D eigenvalue weighted by Gasteiger charge is 2.26. The average molecular weight is 304 g/mol. The number of nitrogens with one attached hydrogen (secondary N) is 2. The first-order valence-electron chi connectivity index (χ1n) is 6.73. The van der Waals surface area contributed by atoms with Crippen molar-refractivity contribution in [2.75, 3.05) is 13.2 Å². The Balaban J connectivity index is 4.55. The third kappa shape index (κ3) is 7.59. The number of aliphatic hydroxyl groups is 1. The second kappa shape index (κ2) is 10.1. The van der Waals surface area contributed by atoms with Crippen molar-refractivity contribution in [3.8, 4) is 0 Å². The van der Waals surface area contributed by atoms with Gasteiger partial charge in [0.2, 0.25) is 11.8 Å². The number of unbranched alkanes of at least 4 members (excludes halogenated alkanes) is 1. The summed E-state index contributed by atoms with van der Waals surface area (Å²) in [6, 6.07) is -3.17. The van der Waals surface area contributed by atoms with Crippen molar-refractivity contribution in [1.29, 1.82) is 0 Å². The van der Waals surface area contributed by atoms with Crippen LogP contribution in [0.25, 0.3) is 0 Å². The van der Waals surface area contributed by atoms with Gasteiger partial charge in [0.25, 0.3) is 0 Å². The molecule has 0 saturated heterocycles. The normalized spacial score (nSPS) is 14.9. The van der Waals surface area contributed by atoms with Crippen molar-refractivity contribution in [3.05, 3.63) is 0 Å². The number of nitrogens with two attached hydrogens (primary N) is 2. The van der Waals surface area contributed by atoms with Crippen LogP contribution in [-0.4, -0.2) is 59.3 Å². The lowest BCUT2D eigenvalue weighted by atomic mass is 10.1. The number of carboxylic acid groups (broad SMARTS) is 1. The van der Waals surface area contributed by atoms with Crippen LogP contribution in [0.3, 0.4) is 0 Å². The van der Waals surface area contributed by atoms with Crippen LogP contribution in [0.4, 0.5) is 0 Å². The molecule has 9 nitrogen and oxygen atoms in total. The summed E-state index contributed by atoms with van der Waals surface area (Å²) in [5.41, 5.74) is 10.7. The number of aliphatic hydroxyl groups excluding tert-OH is 1. The van der Waals surface area contributed by atoms with Gasteiger partial charge in [-0.1, -0.05) is 0 Å². The molecule has 0 aromatic rings. The van der Waals surface area contributed by atoms with E-state index in [4.69, 9.17) is 21.7 Å². The lowest BCUT2D eigenvalue weighted by Gasteiger charge is -2.20. The molecule has 9 heteroatoms. The van der Waals surface area contributed by atoms with E-state index in [9.17, 15) is 14.4 Å². The van der Waals surface area contributed by atoms with Crippen molar-refractivity contribution >= 4 is 17.8 Å². The maximum absolute atomic E-state index is 11.9. The molecule has 3 atom stereocenters. The van der Waals surface area contributed by atoms with E-state index in [0.29, 0.717) is 19.4 Å². The predicted octanol–water partition coefficient (Wildman–Crippen LogP) is -2.49. The van der Waals surface area contributed by atoms with Crippen molar-refractivity contribution < 1.29 is 24.6 Å². The second-order valence-corrected chi connectivity index (χ2v) is 4.72. The van der Waals surface area contributed by atoms with Gasteiger partial charge in [-0.15, -0.1) is 0 Å². The molecule has 0 aromatic heterocycles. The minimum atomic E-state index is -1.24. The molecule has 0 saturated carbocycles. The summed E-state index contributed by atoms with van der Waals surface area (Å²) in [6.07, 6.45) is 1.41. The highest BCUT2D eigenvalue weighted by molar-refractivity contribution is 5.91. The maximum Gasteiger partial charge on any atom is 0.326 e. The summed E-state index contributed by atoms with van der Waals surface area (Å²) in [5.74, 6) is -2.57. The van der Waals surface area contributed by atoms with Gasteiger partial charge in [-0.3, -0.25) is 9.59 Å². The van der Waals surface area contributed by atoms with Crippen LogP contribution in [0.1, 0.15) is 26.2 Å². The number of carboxylic acids is 1. The van der Waals surface area contributed by atoms with Gasteiger partial charge in [-0.2, -0.15) is 0 Å². The third-order valence-electron chi connectivity index (χ3n) is 2.79. The van der Waals surface area contributed by atoms with E-state index in [1.807, 2.05) is 0 Å². The van der Waals surface area contributed by atoms with Gasteiger partial charge in [0.1, 0.15) is 12.1 Å². The average Bonchev–Trinajstić information content (AvgIpc) is 2.42. The minimum absolute atomic E-state index is 0.220. The van der Waals surface area contributed by atoms with Crippen LogP contribution in [0.5, 0.6) is 0 Å². The summed E-state index contributed by atoms with van der Waals surface area (Å²) in [6.45, 7) is 1.21. The molecule has 0 aromatic carbocycles. The third-order valence-corrected chi connectivity index (χ3v) is 2.79. The zero-order valence-electron chi connectivity index (χ0n) is 12.0. The molecule has 0 bridgehead atoms. The number of aliphatic carboxylic acids is 1. The van der Waals surface area contributed by atoms with Crippen LogP contribution in [0.2, 0.25) is 0 Å². The molecule has 21 heavy (non-hydrogen) atoms. The SMILES string of the molecule is C[C@H](N)C(=O)N[C@@H](CO)C(=O)N[C@@H](CCCCN)C(=O)O.